The molecule has 1 aromatic rings. The number of anilines is 1. The van der Waals surface area contributed by atoms with Crippen LogP contribution in [0.4, 0.5) is 10.5 Å². The summed E-state index contributed by atoms with van der Waals surface area (Å²) in [4.78, 5) is 22.9. The van der Waals surface area contributed by atoms with E-state index < -0.39 is 5.97 Å². The number of hydrogen-bond donors (Lipinski definition) is 3. The Kier molecular flexibility index (Phi) is 3.90. The molecule has 3 N–H and O–H groups in total. The largest absolute Gasteiger partial charge is 0.478 e. The molecular weight excluding hydrogens is 280 g/mol. The van der Waals surface area contributed by atoms with E-state index in [1.807, 2.05) is 13.8 Å². The third-order valence-corrected chi connectivity index (χ3v) is 3.65. The van der Waals surface area contributed by atoms with E-state index in [-0.39, 0.29) is 22.2 Å². The Morgan fingerprint density at radius 3 is 2.50 bits per heavy atom. The molecule has 1 aliphatic carbocycles. The van der Waals surface area contributed by atoms with E-state index in [1.54, 1.807) is 0 Å². The zero-order chi connectivity index (χ0) is 14.9. The molecule has 1 saturated carbocycles. The zero-order valence-corrected chi connectivity index (χ0v) is 12.1. The number of amides is 2. The summed E-state index contributed by atoms with van der Waals surface area (Å²) >= 11 is 5.84. The van der Waals surface area contributed by atoms with Crippen molar-refractivity contribution < 1.29 is 14.7 Å². The number of hydrogen-bond acceptors (Lipinski definition) is 2. The number of halogens is 1. The summed E-state index contributed by atoms with van der Waals surface area (Å²) in [7, 11) is 0. The number of urea groups is 1. The monoisotopic (exact) mass is 296 g/mol. The molecule has 1 aromatic carbocycles. The van der Waals surface area contributed by atoms with Gasteiger partial charge in [-0.15, -0.1) is 0 Å². The van der Waals surface area contributed by atoms with Gasteiger partial charge in [0.15, 0.2) is 0 Å². The predicted molar refractivity (Wildman–Crippen MR) is 77.4 cm³/mol. The summed E-state index contributed by atoms with van der Waals surface area (Å²) in [5.74, 6) is -0.587. The van der Waals surface area contributed by atoms with Crippen molar-refractivity contribution in [2.45, 2.75) is 32.2 Å². The molecule has 0 aromatic heterocycles. The molecule has 0 radical (unpaired) electrons. The Bertz CT molecular complexity index is 553. The molecule has 0 bridgehead atoms. The maximum atomic E-state index is 11.9. The average Bonchev–Trinajstić information content (AvgIpc) is 3.10. The Balaban J connectivity index is 2.05. The van der Waals surface area contributed by atoms with Gasteiger partial charge in [0, 0.05) is 16.2 Å². The molecule has 2 rings (SSSR count). The Morgan fingerprint density at radius 2 is 1.95 bits per heavy atom. The topological polar surface area (TPSA) is 78.4 Å². The van der Waals surface area contributed by atoms with Crippen LogP contribution in [0.1, 0.15) is 37.0 Å². The first-order chi connectivity index (χ1) is 9.28. The number of carbonyl (C=O) groups excluding carboxylic acids is 1. The maximum absolute atomic E-state index is 11.9. The third kappa shape index (κ3) is 3.63. The van der Waals surface area contributed by atoms with Gasteiger partial charge < -0.3 is 15.7 Å². The van der Waals surface area contributed by atoms with Crippen LogP contribution >= 0.6 is 11.6 Å². The molecule has 20 heavy (non-hydrogen) atoms. The molecule has 0 saturated heterocycles. The first kappa shape index (κ1) is 14.7. The summed E-state index contributed by atoms with van der Waals surface area (Å²) in [5.41, 5.74) is 0.131. The van der Waals surface area contributed by atoms with Crippen molar-refractivity contribution in [3.05, 3.63) is 28.8 Å². The second-order valence-electron chi connectivity index (χ2n) is 5.61. The molecule has 0 unspecified atom stereocenters. The smallest absolute Gasteiger partial charge is 0.335 e. The number of aromatic carboxylic acids is 1. The fourth-order valence-electron chi connectivity index (χ4n) is 2.15. The van der Waals surface area contributed by atoms with Crippen molar-refractivity contribution in [1.29, 1.82) is 0 Å². The summed E-state index contributed by atoms with van der Waals surface area (Å²) in [6.07, 6.45) is 2.24. The number of benzene rings is 1. The molecule has 1 fully saturated rings. The first-order valence-electron chi connectivity index (χ1n) is 6.41. The normalized spacial score (nSPS) is 14.8. The van der Waals surface area contributed by atoms with E-state index in [4.69, 9.17) is 16.7 Å². The Labute approximate surface area is 122 Å². The van der Waals surface area contributed by atoms with Crippen LogP contribution in [0.5, 0.6) is 0 Å². The molecule has 5 nitrogen and oxygen atoms in total. The van der Waals surface area contributed by atoms with Gasteiger partial charge in [0.05, 0.1) is 5.56 Å². The van der Waals surface area contributed by atoms with Gasteiger partial charge in [-0.25, -0.2) is 9.59 Å². The van der Waals surface area contributed by atoms with Gasteiger partial charge in [-0.05, 0) is 50.8 Å². The van der Waals surface area contributed by atoms with Gasteiger partial charge in [0.2, 0.25) is 0 Å². The molecule has 108 valence electrons. The third-order valence-electron chi connectivity index (χ3n) is 3.44. The first-order valence-corrected chi connectivity index (χ1v) is 6.79. The van der Waals surface area contributed by atoms with Crippen molar-refractivity contribution in [2.75, 3.05) is 5.32 Å². The van der Waals surface area contributed by atoms with E-state index in [9.17, 15) is 9.59 Å². The van der Waals surface area contributed by atoms with Crippen LogP contribution in [-0.4, -0.2) is 22.6 Å². The standard InChI is InChI=1S/C14H17ClN2O3/c1-14(2,9-3-4-9)17-13(20)16-11-6-8(12(18)19)5-10(15)7-11/h5-7,9H,3-4H2,1-2H3,(H,18,19)(H2,16,17,20). The van der Waals surface area contributed by atoms with Gasteiger partial charge in [0.1, 0.15) is 0 Å². The van der Waals surface area contributed by atoms with Crippen LogP contribution in [-0.2, 0) is 0 Å². The number of rotatable bonds is 4. The molecule has 0 atom stereocenters. The van der Waals surface area contributed by atoms with Crippen LogP contribution in [0.2, 0.25) is 5.02 Å². The summed E-state index contributed by atoms with van der Waals surface area (Å²) in [5, 5.41) is 14.7. The second kappa shape index (κ2) is 5.32. The van der Waals surface area contributed by atoms with E-state index in [2.05, 4.69) is 10.6 Å². The lowest BCUT2D eigenvalue weighted by Gasteiger charge is -2.26. The highest BCUT2D eigenvalue weighted by Gasteiger charge is 2.38. The zero-order valence-electron chi connectivity index (χ0n) is 11.4. The number of carboxylic acid groups (broad SMARTS) is 1. The fourth-order valence-corrected chi connectivity index (χ4v) is 2.38. The van der Waals surface area contributed by atoms with E-state index >= 15 is 0 Å². The summed E-state index contributed by atoms with van der Waals surface area (Å²) < 4.78 is 0. The minimum Gasteiger partial charge on any atom is -0.478 e. The maximum Gasteiger partial charge on any atom is 0.335 e. The minimum atomic E-state index is -1.09. The lowest BCUT2D eigenvalue weighted by atomic mass is 9.99. The Morgan fingerprint density at radius 1 is 1.30 bits per heavy atom. The highest BCUT2D eigenvalue weighted by atomic mass is 35.5. The van der Waals surface area contributed by atoms with Crippen LogP contribution in [0.25, 0.3) is 0 Å². The van der Waals surface area contributed by atoms with Crippen molar-refractivity contribution in [3.63, 3.8) is 0 Å². The van der Waals surface area contributed by atoms with Crippen LogP contribution in [0.3, 0.4) is 0 Å². The van der Waals surface area contributed by atoms with E-state index in [1.165, 1.54) is 18.2 Å². The van der Waals surface area contributed by atoms with Gasteiger partial charge >= 0.3 is 12.0 Å². The number of carbonyl (C=O) groups is 2. The van der Waals surface area contributed by atoms with Crippen LogP contribution < -0.4 is 10.6 Å². The van der Waals surface area contributed by atoms with Gasteiger partial charge in [0.25, 0.3) is 0 Å². The van der Waals surface area contributed by atoms with Gasteiger partial charge in [-0.1, -0.05) is 11.6 Å². The summed E-state index contributed by atoms with van der Waals surface area (Å²) in [6.45, 7) is 3.95. The molecule has 0 spiro atoms. The van der Waals surface area contributed by atoms with Crippen molar-refractivity contribution >= 4 is 29.3 Å². The molecule has 6 heteroatoms. The Hall–Kier alpha value is -1.75. The van der Waals surface area contributed by atoms with Crippen molar-refractivity contribution in [2.24, 2.45) is 5.92 Å². The molecule has 0 aliphatic heterocycles. The van der Waals surface area contributed by atoms with Gasteiger partial charge in [-0.2, -0.15) is 0 Å². The predicted octanol–water partition coefficient (Wildman–Crippen LogP) is 3.35. The highest BCUT2D eigenvalue weighted by molar-refractivity contribution is 6.31. The lowest BCUT2D eigenvalue weighted by molar-refractivity contribution is 0.0697. The van der Waals surface area contributed by atoms with Gasteiger partial charge in [-0.3, -0.25) is 0 Å². The van der Waals surface area contributed by atoms with Crippen molar-refractivity contribution in [3.8, 4) is 0 Å². The highest BCUT2D eigenvalue weighted by Crippen LogP contribution is 2.39. The molecular formula is C14H17ClN2O3. The van der Waals surface area contributed by atoms with Crippen LogP contribution in [0, 0.1) is 5.92 Å². The minimum absolute atomic E-state index is 0.0363. The number of nitrogens with one attached hydrogen (secondary N) is 2. The fraction of sp³-hybridized carbons (Fsp3) is 0.429. The quantitative estimate of drug-likeness (QED) is 0.797. The van der Waals surface area contributed by atoms with E-state index in [0.717, 1.165) is 12.8 Å². The number of carboxylic acids is 1. The second-order valence-corrected chi connectivity index (χ2v) is 6.05. The summed E-state index contributed by atoms with van der Waals surface area (Å²) in [6, 6.07) is 3.86. The lowest BCUT2D eigenvalue weighted by Crippen LogP contribution is -2.47. The van der Waals surface area contributed by atoms with Crippen molar-refractivity contribution in [1.82, 2.24) is 5.32 Å². The SMILES string of the molecule is CC(C)(NC(=O)Nc1cc(Cl)cc(C(=O)O)c1)C1CC1. The van der Waals surface area contributed by atoms with Crippen LogP contribution in [0.15, 0.2) is 18.2 Å². The average molecular weight is 297 g/mol. The van der Waals surface area contributed by atoms with E-state index in [0.29, 0.717) is 11.6 Å². The molecule has 0 heterocycles. The molecule has 2 amide bonds. The molecule has 1 aliphatic rings.